The van der Waals surface area contributed by atoms with Crippen molar-refractivity contribution in [2.24, 2.45) is 0 Å². The molecule has 5 heteroatoms. The first-order chi connectivity index (χ1) is 9.58. The van der Waals surface area contributed by atoms with Gasteiger partial charge in [-0.3, -0.25) is 9.78 Å². The van der Waals surface area contributed by atoms with Crippen LogP contribution in [0.15, 0.2) is 42.9 Å². The first-order valence-electron chi connectivity index (χ1n) is 6.49. The van der Waals surface area contributed by atoms with Crippen molar-refractivity contribution >= 4 is 11.6 Å². The van der Waals surface area contributed by atoms with E-state index in [9.17, 15) is 4.79 Å². The topological polar surface area (TPSA) is 72.1 Å². The van der Waals surface area contributed by atoms with Crippen LogP contribution in [0.2, 0.25) is 0 Å². The molecule has 0 aliphatic rings. The summed E-state index contributed by atoms with van der Waals surface area (Å²) in [6.07, 6.45) is 4.55. The van der Waals surface area contributed by atoms with E-state index >= 15 is 0 Å². The van der Waals surface area contributed by atoms with Gasteiger partial charge in [-0.2, -0.15) is 0 Å². The molecule has 5 nitrogen and oxygen atoms in total. The molecule has 0 fully saturated rings. The van der Waals surface area contributed by atoms with Crippen LogP contribution in [0.25, 0.3) is 0 Å². The summed E-state index contributed by atoms with van der Waals surface area (Å²) >= 11 is 0. The van der Waals surface area contributed by atoms with Gasteiger partial charge >= 0.3 is 0 Å². The Morgan fingerprint density at radius 2 is 2.15 bits per heavy atom. The molecule has 0 saturated carbocycles. The van der Waals surface area contributed by atoms with Crippen molar-refractivity contribution in [3.05, 3.63) is 54.1 Å². The van der Waals surface area contributed by atoms with E-state index in [1.54, 1.807) is 11.1 Å². The van der Waals surface area contributed by atoms with Crippen molar-refractivity contribution in [2.75, 3.05) is 5.73 Å². The molecular weight excluding hydrogens is 252 g/mol. The van der Waals surface area contributed by atoms with Gasteiger partial charge in [0, 0.05) is 30.7 Å². The van der Waals surface area contributed by atoms with Gasteiger partial charge in [0.25, 0.3) is 5.91 Å². The van der Waals surface area contributed by atoms with Crippen LogP contribution in [0.4, 0.5) is 5.69 Å². The average molecular weight is 270 g/mol. The molecule has 104 valence electrons. The Morgan fingerprint density at radius 3 is 2.75 bits per heavy atom. The van der Waals surface area contributed by atoms with E-state index in [-0.39, 0.29) is 11.9 Å². The first-order valence-corrected chi connectivity index (χ1v) is 6.49. The van der Waals surface area contributed by atoms with E-state index in [1.807, 2.05) is 38.1 Å². The minimum absolute atomic E-state index is 0.0611. The lowest BCUT2D eigenvalue weighted by Gasteiger charge is -2.26. The number of nitrogens with two attached hydrogens (primary N) is 1. The number of anilines is 1. The highest BCUT2D eigenvalue weighted by Crippen LogP contribution is 2.14. The molecule has 1 heterocycles. The van der Waals surface area contributed by atoms with Crippen LogP contribution >= 0.6 is 0 Å². The molecule has 20 heavy (non-hydrogen) atoms. The predicted molar refractivity (Wildman–Crippen MR) is 77.9 cm³/mol. The smallest absolute Gasteiger partial charge is 0.274 e. The Bertz CT molecular complexity index is 583. The Kier molecular flexibility index (Phi) is 4.30. The SMILES string of the molecule is CC(C)N(Cc1cccc(N)c1)C(=O)c1cnccn1. The van der Waals surface area contributed by atoms with Crippen molar-refractivity contribution in [1.82, 2.24) is 14.9 Å². The van der Waals surface area contributed by atoms with Gasteiger partial charge in [-0.25, -0.2) is 4.98 Å². The Balaban J connectivity index is 2.22. The van der Waals surface area contributed by atoms with Crippen molar-refractivity contribution in [3.8, 4) is 0 Å². The summed E-state index contributed by atoms with van der Waals surface area (Å²) in [6.45, 7) is 4.44. The van der Waals surface area contributed by atoms with Gasteiger partial charge in [0.15, 0.2) is 0 Å². The normalized spacial score (nSPS) is 10.6. The number of aromatic nitrogens is 2. The quantitative estimate of drug-likeness (QED) is 0.864. The lowest BCUT2D eigenvalue weighted by atomic mass is 10.1. The average Bonchev–Trinajstić information content (AvgIpc) is 2.45. The van der Waals surface area contributed by atoms with Gasteiger partial charge in [0.05, 0.1) is 6.20 Å². The molecule has 0 unspecified atom stereocenters. The van der Waals surface area contributed by atoms with Crippen molar-refractivity contribution < 1.29 is 4.79 Å². The highest BCUT2D eigenvalue weighted by molar-refractivity contribution is 5.92. The van der Waals surface area contributed by atoms with Gasteiger partial charge in [0.2, 0.25) is 0 Å². The summed E-state index contributed by atoms with van der Waals surface area (Å²) in [6, 6.07) is 7.60. The van der Waals surface area contributed by atoms with E-state index in [2.05, 4.69) is 9.97 Å². The molecule has 0 aliphatic carbocycles. The zero-order valence-electron chi connectivity index (χ0n) is 11.7. The molecule has 0 radical (unpaired) electrons. The third kappa shape index (κ3) is 3.32. The maximum absolute atomic E-state index is 12.5. The lowest BCUT2D eigenvalue weighted by molar-refractivity contribution is 0.0683. The van der Waals surface area contributed by atoms with Gasteiger partial charge < -0.3 is 10.6 Å². The Hall–Kier alpha value is -2.43. The summed E-state index contributed by atoms with van der Waals surface area (Å²) in [7, 11) is 0. The van der Waals surface area contributed by atoms with Gasteiger partial charge in [-0.05, 0) is 31.5 Å². The van der Waals surface area contributed by atoms with Crippen LogP contribution in [0.3, 0.4) is 0 Å². The molecule has 1 aromatic heterocycles. The second-order valence-corrected chi connectivity index (χ2v) is 4.86. The fourth-order valence-corrected chi connectivity index (χ4v) is 1.93. The van der Waals surface area contributed by atoms with E-state index in [0.29, 0.717) is 17.9 Å². The Morgan fingerprint density at radius 1 is 1.35 bits per heavy atom. The number of nitrogen functional groups attached to an aromatic ring is 1. The van der Waals surface area contributed by atoms with Crippen molar-refractivity contribution in [3.63, 3.8) is 0 Å². The molecule has 2 aromatic rings. The molecule has 0 atom stereocenters. The number of benzene rings is 1. The largest absolute Gasteiger partial charge is 0.399 e. The van der Waals surface area contributed by atoms with Gasteiger partial charge in [-0.1, -0.05) is 12.1 Å². The van der Waals surface area contributed by atoms with E-state index in [0.717, 1.165) is 5.56 Å². The van der Waals surface area contributed by atoms with Crippen LogP contribution < -0.4 is 5.73 Å². The van der Waals surface area contributed by atoms with Gasteiger partial charge in [0.1, 0.15) is 5.69 Å². The number of amides is 1. The molecule has 2 N–H and O–H groups in total. The molecule has 0 spiro atoms. The summed E-state index contributed by atoms with van der Waals surface area (Å²) in [4.78, 5) is 22.2. The summed E-state index contributed by atoms with van der Waals surface area (Å²) < 4.78 is 0. The van der Waals surface area contributed by atoms with Crippen molar-refractivity contribution in [2.45, 2.75) is 26.4 Å². The number of nitrogens with zero attached hydrogens (tertiary/aromatic N) is 3. The molecule has 1 amide bonds. The summed E-state index contributed by atoms with van der Waals surface area (Å²) in [5.74, 6) is -0.129. The monoisotopic (exact) mass is 270 g/mol. The van der Waals surface area contributed by atoms with Crippen LogP contribution in [0, 0.1) is 0 Å². The van der Waals surface area contributed by atoms with E-state index < -0.39 is 0 Å². The summed E-state index contributed by atoms with van der Waals surface area (Å²) in [5.41, 5.74) is 7.81. The van der Waals surface area contributed by atoms with Gasteiger partial charge in [-0.15, -0.1) is 0 Å². The van der Waals surface area contributed by atoms with E-state index in [4.69, 9.17) is 5.73 Å². The fraction of sp³-hybridized carbons (Fsp3) is 0.267. The molecule has 1 aromatic carbocycles. The predicted octanol–water partition coefficient (Wildman–Crippen LogP) is 2.11. The fourth-order valence-electron chi connectivity index (χ4n) is 1.93. The highest BCUT2D eigenvalue weighted by Gasteiger charge is 2.20. The van der Waals surface area contributed by atoms with E-state index in [1.165, 1.54) is 12.4 Å². The van der Waals surface area contributed by atoms with Crippen LogP contribution in [0.1, 0.15) is 29.9 Å². The number of rotatable bonds is 4. The van der Waals surface area contributed by atoms with Crippen LogP contribution in [0.5, 0.6) is 0 Å². The number of carbonyl (C=O) groups is 1. The third-order valence-corrected chi connectivity index (χ3v) is 2.97. The van der Waals surface area contributed by atoms with Crippen LogP contribution in [-0.4, -0.2) is 26.8 Å². The van der Waals surface area contributed by atoms with Crippen molar-refractivity contribution in [1.29, 1.82) is 0 Å². The third-order valence-electron chi connectivity index (χ3n) is 2.97. The first kappa shape index (κ1) is 14.0. The number of hydrogen-bond acceptors (Lipinski definition) is 4. The zero-order valence-corrected chi connectivity index (χ0v) is 11.7. The van der Waals surface area contributed by atoms with Crippen LogP contribution in [-0.2, 0) is 6.54 Å². The zero-order chi connectivity index (χ0) is 14.5. The maximum Gasteiger partial charge on any atom is 0.274 e. The molecular formula is C15H18N4O. The summed E-state index contributed by atoms with van der Waals surface area (Å²) in [5, 5.41) is 0. The molecule has 2 rings (SSSR count). The molecule has 0 saturated heterocycles. The lowest BCUT2D eigenvalue weighted by Crippen LogP contribution is -2.36. The molecule has 0 aliphatic heterocycles. The Labute approximate surface area is 118 Å². The maximum atomic E-state index is 12.5. The second kappa shape index (κ2) is 6.14. The minimum atomic E-state index is -0.129. The second-order valence-electron chi connectivity index (χ2n) is 4.86. The molecule has 0 bridgehead atoms. The number of carbonyl (C=O) groups excluding carboxylic acids is 1. The number of hydrogen-bond donors (Lipinski definition) is 1. The minimum Gasteiger partial charge on any atom is -0.399 e. The highest BCUT2D eigenvalue weighted by atomic mass is 16.2. The standard InChI is InChI=1S/C15H18N4O/c1-11(2)19(10-12-4-3-5-13(16)8-12)15(20)14-9-17-6-7-18-14/h3-9,11H,10,16H2,1-2H3.